The number of rotatable bonds is 5. The summed E-state index contributed by atoms with van der Waals surface area (Å²) < 4.78 is 4.68. The van der Waals surface area contributed by atoms with E-state index in [9.17, 15) is 4.79 Å². The van der Waals surface area contributed by atoms with E-state index in [2.05, 4.69) is 26.9 Å². The molecule has 5 nitrogen and oxygen atoms in total. The monoisotopic (exact) mass is 247 g/mol. The number of carbonyl (C=O) groups excluding carboxylic acids is 1. The quantitative estimate of drug-likeness (QED) is 0.629. The van der Waals surface area contributed by atoms with Gasteiger partial charge >= 0.3 is 5.97 Å². The van der Waals surface area contributed by atoms with Crippen LogP contribution >= 0.6 is 0 Å². The van der Waals surface area contributed by atoms with Gasteiger partial charge in [-0.25, -0.2) is 9.78 Å². The highest BCUT2D eigenvalue weighted by atomic mass is 16.5. The number of esters is 1. The van der Waals surface area contributed by atoms with Crippen LogP contribution < -0.4 is 5.32 Å². The van der Waals surface area contributed by atoms with Gasteiger partial charge in [0.15, 0.2) is 0 Å². The molecule has 0 bridgehead atoms. The molecule has 0 spiro atoms. The van der Waals surface area contributed by atoms with Gasteiger partial charge in [0.1, 0.15) is 0 Å². The maximum atomic E-state index is 11.4. The molecule has 0 aliphatic rings. The smallest absolute Gasteiger partial charge is 0.337 e. The number of benzene rings is 1. The Morgan fingerprint density at radius 3 is 3.06 bits per heavy atom. The first-order valence-corrected chi connectivity index (χ1v) is 6.06. The lowest BCUT2D eigenvalue weighted by molar-refractivity contribution is 0.0601. The fourth-order valence-electron chi connectivity index (χ4n) is 1.72. The topological polar surface area (TPSA) is 67.0 Å². The average molecular weight is 247 g/mol. The van der Waals surface area contributed by atoms with Gasteiger partial charge in [-0.3, -0.25) is 0 Å². The predicted molar refractivity (Wildman–Crippen MR) is 70.8 cm³/mol. The van der Waals surface area contributed by atoms with Crippen molar-refractivity contribution < 1.29 is 9.53 Å². The third-order valence-electron chi connectivity index (χ3n) is 2.73. The number of ether oxygens (including phenoxy) is 1. The molecule has 0 aliphatic carbocycles. The number of nitrogens with one attached hydrogen (secondary N) is 2. The first-order valence-electron chi connectivity index (χ1n) is 6.06. The summed E-state index contributed by atoms with van der Waals surface area (Å²) >= 11 is 0. The molecule has 96 valence electrons. The largest absolute Gasteiger partial charge is 0.465 e. The average Bonchev–Trinajstić information content (AvgIpc) is 2.79. The Hall–Kier alpha value is -2.04. The zero-order chi connectivity index (χ0) is 13.0. The highest BCUT2D eigenvalue weighted by molar-refractivity contribution is 5.93. The highest BCUT2D eigenvalue weighted by Gasteiger charge is 2.08. The SMILES string of the molecule is CCCCNc1nc2ccc(C(=O)OC)cc2[nH]1. The fourth-order valence-corrected chi connectivity index (χ4v) is 1.72. The van der Waals surface area contributed by atoms with Crippen molar-refractivity contribution >= 4 is 23.0 Å². The minimum atomic E-state index is -0.341. The van der Waals surface area contributed by atoms with Crippen molar-refractivity contribution in [3.63, 3.8) is 0 Å². The maximum Gasteiger partial charge on any atom is 0.337 e. The molecule has 1 aromatic heterocycles. The van der Waals surface area contributed by atoms with E-state index in [4.69, 9.17) is 0 Å². The van der Waals surface area contributed by atoms with Gasteiger partial charge in [-0.05, 0) is 24.6 Å². The zero-order valence-electron chi connectivity index (χ0n) is 10.6. The van der Waals surface area contributed by atoms with Gasteiger partial charge < -0.3 is 15.0 Å². The number of unbranched alkanes of at least 4 members (excludes halogenated alkanes) is 1. The summed E-state index contributed by atoms with van der Waals surface area (Å²) in [6.07, 6.45) is 2.24. The van der Waals surface area contributed by atoms with Crippen molar-refractivity contribution in [1.82, 2.24) is 9.97 Å². The van der Waals surface area contributed by atoms with Crippen LogP contribution in [0.3, 0.4) is 0 Å². The molecule has 5 heteroatoms. The van der Waals surface area contributed by atoms with Crippen LogP contribution in [0.5, 0.6) is 0 Å². The third kappa shape index (κ3) is 2.61. The molecule has 0 fully saturated rings. The Labute approximate surface area is 106 Å². The van der Waals surface area contributed by atoms with Gasteiger partial charge in [-0.2, -0.15) is 0 Å². The Morgan fingerprint density at radius 1 is 1.50 bits per heavy atom. The summed E-state index contributed by atoms with van der Waals surface area (Å²) in [4.78, 5) is 18.9. The van der Waals surface area contributed by atoms with Crippen molar-refractivity contribution in [2.45, 2.75) is 19.8 Å². The van der Waals surface area contributed by atoms with E-state index in [1.165, 1.54) is 7.11 Å². The Balaban J connectivity index is 2.20. The van der Waals surface area contributed by atoms with Gasteiger partial charge in [-0.15, -0.1) is 0 Å². The summed E-state index contributed by atoms with van der Waals surface area (Å²) in [7, 11) is 1.37. The molecule has 0 aliphatic heterocycles. The first kappa shape index (κ1) is 12.4. The number of aromatic amines is 1. The standard InChI is InChI=1S/C13H17N3O2/c1-3-4-7-14-13-15-10-6-5-9(12(17)18-2)8-11(10)16-13/h5-6,8H,3-4,7H2,1-2H3,(H2,14,15,16). The minimum Gasteiger partial charge on any atom is -0.465 e. The Morgan fingerprint density at radius 2 is 2.33 bits per heavy atom. The third-order valence-corrected chi connectivity index (χ3v) is 2.73. The van der Waals surface area contributed by atoms with E-state index >= 15 is 0 Å². The fraction of sp³-hybridized carbons (Fsp3) is 0.385. The number of anilines is 1. The molecular weight excluding hydrogens is 230 g/mol. The number of fused-ring (bicyclic) bond motifs is 1. The molecule has 0 radical (unpaired) electrons. The number of aromatic nitrogens is 2. The molecule has 0 saturated carbocycles. The van der Waals surface area contributed by atoms with Crippen molar-refractivity contribution in [3.05, 3.63) is 23.8 Å². The normalized spacial score (nSPS) is 10.6. The van der Waals surface area contributed by atoms with Crippen LogP contribution in [0.15, 0.2) is 18.2 Å². The summed E-state index contributed by atoms with van der Waals surface area (Å²) in [5, 5.41) is 3.21. The molecule has 1 aromatic carbocycles. The number of nitrogens with zero attached hydrogens (tertiary/aromatic N) is 1. The zero-order valence-corrected chi connectivity index (χ0v) is 10.6. The minimum absolute atomic E-state index is 0.341. The molecule has 2 rings (SSSR count). The molecular formula is C13H17N3O2. The lowest BCUT2D eigenvalue weighted by atomic mass is 10.2. The van der Waals surface area contributed by atoms with Crippen molar-refractivity contribution in [3.8, 4) is 0 Å². The summed E-state index contributed by atoms with van der Waals surface area (Å²) in [6.45, 7) is 3.03. The van der Waals surface area contributed by atoms with Crippen LogP contribution in [-0.2, 0) is 4.74 Å². The number of methoxy groups -OCH3 is 1. The summed E-state index contributed by atoms with van der Waals surface area (Å²) in [5.41, 5.74) is 2.19. The van der Waals surface area contributed by atoms with E-state index in [0.717, 1.165) is 36.4 Å². The summed E-state index contributed by atoms with van der Waals surface area (Å²) in [6, 6.07) is 5.27. The van der Waals surface area contributed by atoms with E-state index in [-0.39, 0.29) is 5.97 Å². The number of hydrogen-bond donors (Lipinski definition) is 2. The van der Waals surface area contributed by atoms with Crippen molar-refractivity contribution in [2.75, 3.05) is 19.0 Å². The molecule has 1 heterocycles. The number of H-pyrrole nitrogens is 1. The highest BCUT2D eigenvalue weighted by Crippen LogP contribution is 2.16. The first-order chi connectivity index (χ1) is 8.74. The van der Waals surface area contributed by atoms with Crippen LogP contribution in [0.25, 0.3) is 11.0 Å². The van der Waals surface area contributed by atoms with Crippen molar-refractivity contribution in [2.24, 2.45) is 0 Å². The van der Waals surface area contributed by atoms with E-state index in [0.29, 0.717) is 5.56 Å². The molecule has 0 unspecified atom stereocenters. The second kappa shape index (κ2) is 5.53. The predicted octanol–water partition coefficient (Wildman–Crippen LogP) is 2.56. The van der Waals surface area contributed by atoms with Crippen LogP contribution in [0.4, 0.5) is 5.95 Å². The second-order valence-corrected chi connectivity index (χ2v) is 4.09. The Bertz CT molecular complexity index is 548. The number of hydrogen-bond acceptors (Lipinski definition) is 4. The van der Waals surface area contributed by atoms with E-state index in [1.54, 1.807) is 12.1 Å². The van der Waals surface area contributed by atoms with Gasteiger partial charge in [0, 0.05) is 6.54 Å². The van der Waals surface area contributed by atoms with Crippen LogP contribution in [0.2, 0.25) is 0 Å². The van der Waals surface area contributed by atoms with Gasteiger partial charge in [-0.1, -0.05) is 13.3 Å². The Kier molecular flexibility index (Phi) is 3.82. The van der Waals surface area contributed by atoms with Crippen LogP contribution in [0, 0.1) is 0 Å². The molecule has 2 N–H and O–H groups in total. The molecule has 0 saturated heterocycles. The van der Waals surface area contributed by atoms with Gasteiger partial charge in [0.2, 0.25) is 5.95 Å². The van der Waals surface area contributed by atoms with E-state index < -0.39 is 0 Å². The van der Waals surface area contributed by atoms with E-state index in [1.807, 2.05) is 6.07 Å². The number of carbonyl (C=O) groups is 1. The molecule has 18 heavy (non-hydrogen) atoms. The summed E-state index contributed by atoms with van der Waals surface area (Å²) in [5.74, 6) is 0.396. The van der Waals surface area contributed by atoms with Gasteiger partial charge in [0.25, 0.3) is 0 Å². The van der Waals surface area contributed by atoms with Crippen LogP contribution in [-0.4, -0.2) is 29.6 Å². The second-order valence-electron chi connectivity index (χ2n) is 4.09. The number of imidazole rings is 1. The van der Waals surface area contributed by atoms with Crippen LogP contribution in [0.1, 0.15) is 30.1 Å². The lowest BCUT2D eigenvalue weighted by Gasteiger charge is -1.99. The molecule has 2 aromatic rings. The molecule has 0 amide bonds. The maximum absolute atomic E-state index is 11.4. The van der Waals surface area contributed by atoms with Gasteiger partial charge in [0.05, 0.1) is 23.7 Å². The van der Waals surface area contributed by atoms with Crippen molar-refractivity contribution in [1.29, 1.82) is 0 Å². The lowest BCUT2D eigenvalue weighted by Crippen LogP contribution is -2.01. The molecule has 0 atom stereocenters.